The standard InChI is InChI=1S/C18H26N4/c1-18(2,3)15-8-6-13(7-9-15)11-16-20-17(22-21-16)14-5-4-10-19-12-14/h6-9,14,19H,4-5,10-12H2,1-3H3,(H,20,21,22). The van der Waals surface area contributed by atoms with Crippen LogP contribution in [-0.4, -0.2) is 28.3 Å². The molecule has 1 aromatic heterocycles. The molecule has 0 bridgehead atoms. The zero-order chi connectivity index (χ0) is 15.6. The summed E-state index contributed by atoms with van der Waals surface area (Å²) in [6.45, 7) is 8.83. The Labute approximate surface area is 132 Å². The molecule has 0 radical (unpaired) electrons. The quantitative estimate of drug-likeness (QED) is 0.915. The van der Waals surface area contributed by atoms with E-state index in [4.69, 9.17) is 4.98 Å². The largest absolute Gasteiger partial charge is 0.316 e. The number of nitrogens with zero attached hydrogens (tertiary/aromatic N) is 2. The summed E-state index contributed by atoms with van der Waals surface area (Å²) in [4.78, 5) is 4.69. The summed E-state index contributed by atoms with van der Waals surface area (Å²) in [7, 11) is 0. The van der Waals surface area contributed by atoms with Gasteiger partial charge in [0.05, 0.1) is 0 Å². The zero-order valence-corrected chi connectivity index (χ0v) is 13.8. The molecule has 118 valence electrons. The van der Waals surface area contributed by atoms with Crippen molar-refractivity contribution in [1.29, 1.82) is 0 Å². The van der Waals surface area contributed by atoms with E-state index in [2.05, 4.69) is 60.6 Å². The van der Waals surface area contributed by atoms with E-state index in [1.54, 1.807) is 0 Å². The maximum atomic E-state index is 4.69. The van der Waals surface area contributed by atoms with Gasteiger partial charge in [-0.25, -0.2) is 4.98 Å². The molecule has 0 saturated carbocycles. The first-order valence-corrected chi connectivity index (χ1v) is 8.24. The van der Waals surface area contributed by atoms with E-state index in [1.807, 2.05) is 0 Å². The van der Waals surface area contributed by atoms with Gasteiger partial charge in [-0.3, -0.25) is 5.10 Å². The van der Waals surface area contributed by atoms with E-state index in [-0.39, 0.29) is 5.41 Å². The molecule has 4 heteroatoms. The molecule has 1 aliphatic rings. The predicted octanol–water partition coefficient (Wildman–Crippen LogP) is 3.16. The highest BCUT2D eigenvalue weighted by molar-refractivity contribution is 5.29. The normalized spacial score (nSPS) is 19.3. The first kappa shape index (κ1) is 15.2. The fraction of sp³-hybridized carbons (Fsp3) is 0.556. The number of piperidine rings is 1. The van der Waals surface area contributed by atoms with Gasteiger partial charge in [0.1, 0.15) is 5.82 Å². The van der Waals surface area contributed by atoms with Crippen LogP contribution in [0.15, 0.2) is 24.3 Å². The zero-order valence-electron chi connectivity index (χ0n) is 13.8. The number of aromatic amines is 1. The Bertz CT molecular complexity index is 601. The number of hydrogen-bond acceptors (Lipinski definition) is 3. The van der Waals surface area contributed by atoms with E-state index < -0.39 is 0 Å². The molecule has 1 atom stereocenters. The Hall–Kier alpha value is -1.68. The van der Waals surface area contributed by atoms with Gasteiger partial charge in [0.2, 0.25) is 0 Å². The van der Waals surface area contributed by atoms with Crippen molar-refractivity contribution >= 4 is 0 Å². The van der Waals surface area contributed by atoms with Crippen molar-refractivity contribution in [3.05, 3.63) is 47.0 Å². The van der Waals surface area contributed by atoms with E-state index >= 15 is 0 Å². The second-order valence-electron chi connectivity index (χ2n) is 7.31. The Morgan fingerprint density at radius 3 is 2.59 bits per heavy atom. The number of H-pyrrole nitrogens is 1. The summed E-state index contributed by atoms with van der Waals surface area (Å²) in [6, 6.07) is 8.84. The first-order valence-electron chi connectivity index (χ1n) is 8.24. The van der Waals surface area contributed by atoms with Crippen molar-refractivity contribution in [2.75, 3.05) is 13.1 Å². The minimum absolute atomic E-state index is 0.200. The second kappa shape index (κ2) is 6.21. The average Bonchev–Trinajstić information content (AvgIpc) is 2.96. The van der Waals surface area contributed by atoms with Crippen molar-refractivity contribution in [3.63, 3.8) is 0 Å². The van der Waals surface area contributed by atoms with Crippen LogP contribution in [-0.2, 0) is 11.8 Å². The lowest BCUT2D eigenvalue weighted by Gasteiger charge is -2.19. The summed E-state index contributed by atoms with van der Waals surface area (Å²) in [5.74, 6) is 2.39. The monoisotopic (exact) mass is 298 g/mol. The van der Waals surface area contributed by atoms with Crippen LogP contribution < -0.4 is 5.32 Å². The van der Waals surface area contributed by atoms with Crippen LogP contribution in [0.25, 0.3) is 0 Å². The molecule has 0 aliphatic carbocycles. The smallest absolute Gasteiger partial charge is 0.155 e. The Morgan fingerprint density at radius 2 is 1.95 bits per heavy atom. The van der Waals surface area contributed by atoms with Crippen LogP contribution in [0.1, 0.15) is 62.3 Å². The first-order chi connectivity index (χ1) is 10.5. The number of hydrogen-bond donors (Lipinski definition) is 2. The summed E-state index contributed by atoms with van der Waals surface area (Å²) in [5.41, 5.74) is 2.84. The number of rotatable bonds is 3. The molecule has 3 rings (SSSR count). The molecule has 1 aliphatic heterocycles. The van der Waals surface area contributed by atoms with Gasteiger partial charge in [-0.2, -0.15) is 5.10 Å². The predicted molar refractivity (Wildman–Crippen MR) is 89.2 cm³/mol. The molecule has 2 aromatic rings. The summed E-state index contributed by atoms with van der Waals surface area (Å²) in [5, 5.41) is 10.9. The molecule has 1 saturated heterocycles. The highest BCUT2D eigenvalue weighted by atomic mass is 15.2. The molecular weight excluding hydrogens is 272 g/mol. The average molecular weight is 298 g/mol. The third kappa shape index (κ3) is 3.55. The minimum atomic E-state index is 0.200. The van der Waals surface area contributed by atoms with Gasteiger partial charge in [0, 0.05) is 18.9 Å². The minimum Gasteiger partial charge on any atom is -0.316 e. The summed E-state index contributed by atoms with van der Waals surface area (Å²) < 4.78 is 0. The van der Waals surface area contributed by atoms with Gasteiger partial charge in [-0.05, 0) is 35.9 Å². The van der Waals surface area contributed by atoms with E-state index in [9.17, 15) is 0 Å². The lowest BCUT2D eigenvalue weighted by molar-refractivity contribution is 0.447. The van der Waals surface area contributed by atoms with Crippen LogP contribution in [0.5, 0.6) is 0 Å². The lowest BCUT2D eigenvalue weighted by atomic mass is 9.86. The van der Waals surface area contributed by atoms with Crippen molar-refractivity contribution < 1.29 is 0 Å². The molecule has 2 N–H and O–H groups in total. The third-order valence-electron chi connectivity index (χ3n) is 4.40. The molecule has 22 heavy (non-hydrogen) atoms. The van der Waals surface area contributed by atoms with Crippen LogP contribution >= 0.6 is 0 Å². The highest BCUT2D eigenvalue weighted by Gasteiger charge is 2.19. The van der Waals surface area contributed by atoms with E-state index in [0.29, 0.717) is 5.92 Å². The number of aromatic nitrogens is 3. The van der Waals surface area contributed by atoms with Crippen molar-refractivity contribution in [2.24, 2.45) is 0 Å². The molecule has 4 nitrogen and oxygen atoms in total. The molecule has 0 spiro atoms. The fourth-order valence-electron chi connectivity index (χ4n) is 2.96. The van der Waals surface area contributed by atoms with Crippen molar-refractivity contribution in [3.8, 4) is 0 Å². The van der Waals surface area contributed by atoms with Gasteiger partial charge < -0.3 is 5.32 Å². The molecular formula is C18H26N4. The molecule has 1 aromatic carbocycles. The lowest BCUT2D eigenvalue weighted by Crippen LogP contribution is -2.28. The maximum absolute atomic E-state index is 4.69. The summed E-state index contributed by atoms with van der Waals surface area (Å²) >= 11 is 0. The summed E-state index contributed by atoms with van der Waals surface area (Å²) in [6.07, 6.45) is 3.21. The number of benzene rings is 1. The molecule has 1 fully saturated rings. The van der Waals surface area contributed by atoms with Crippen LogP contribution in [0.3, 0.4) is 0 Å². The van der Waals surface area contributed by atoms with Crippen molar-refractivity contribution in [1.82, 2.24) is 20.5 Å². The highest BCUT2D eigenvalue weighted by Crippen LogP contribution is 2.23. The fourth-order valence-corrected chi connectivity index (χ4v) is 2.96. The van der Waals surface area contributed by atoms with Crippen LogP contribution in [0, 0.1) is 0 Å². The van der Waals surface area contributed by atoms with Crippen molar-refractivity contribution in [2.45, 2.75) is 51.4 Å². The molecule has 1 unspecified atom stereocenters. The topological polar surface area (TPSA) is 53.6 Å². The Morgan fingerprint density at radius 1 is 1.18 bits per heavy atom. The van der Waals surface area contributed by atoms with Gasteiger partial charge in [0.15, 0.2) is 5.82 Å². The number of nitrogens with one attached hydrogen (secondary N) is 2. The van der Waals surface area contributed by atoms with Gasteiger partial charge in [-0.15, -0.1) is 0 Å². The van der Waals surface area contributed by atoms with Crippen LogP contribution in [0.2, 0.25) is 0 Å². The third-order valence-corrected chi connectivity index (χ3v) is 4.40. The molecule has 2 heterocycles. The van der Waals surface area contributed by atoms with Gasteiger partial charge >= 0.3 is 0 Å². The Balaban J connectivity index is 1.67. The van der Waals surface area contributed by atoms with Gasteiger partial charge in [-0.1, -0.05) is 45.0 Å². The van der Waals surface area contributed by atoms with E-state index in [1.165, 1.54) is 24.0 Å². The van der Waals surface area contributed by atoms with Gasteiger partial charge in [0.25, 0.3) is 0 Å². The SMILES string of the molecule is CC(C)(C)c1ccc(Cc2nc(C3CCCNC3)n[nH]2)cc1. The molecule has 0 amide bonds. The maximum Gasteiger partial charge on any atom is 0.155 e. The second-order valence-corrected chi connectivity index (χ2v) is 7.31. The van der Waals surface area contributed by atoms with Crippen LogP contribution in [0.4, 0.5) is 0 Å². The Kier molecular flexibility index (Phi) is 4.30. The van der Waals surface area contributed by atoms with E-state index in [0.717, 1.165) is 31.2 Å².